The molecule has 0 saturated carbocycles. The van der Waals surface area contributed by atoms with Crippen molar-refractivity contribution in [3.05, 3.63) is 63.5 Å². The van der Waals surface area contributed by atoms with Crippen LogP contribution < -0.4 is 5.56 Å². The van der Waals surface area contributed by atoms with Crippen LogP contribution in [0.4, 0.5) is 0 Å². The summed E-state index contributed by atoms with van der Waals surface area (Å²) >= 11 is 0. The number of pyridine rings is 1. The highest BCUT2D eigenvalue weighted by Crippen LogP contribution is 2.07. The van der Waals surface area contributed by atoms with Crippen LogP contribution in [0.5, 0.6) is 0 Å². The van der Waals surface area contributed by atoms with Crippen LogP contribution in [0, 0.1) is 23.7 Å². The molecule has 0 aliphatic carbocycles. The molecule has 24 heavy (non-hydrogen) atoms. The number of terminal acetylenes is 1. The van der Waals surface area contributed by atoms with E-state index in [0.717, 1.165) is 4.52 Å². The maximum atomic E-state index is 12.0. The molecular weight excluding hydrogens is 310 g/mol. The Labute approximate surface area is 135 Å². The molecule has 0 aromatic carbocycles. The Morgan fingerprint density at radius 1 is 1.46 bits per heavy atom. The van der Waals surface area contributed by atoms with Crippen molar-refractivity contribution in [1.29, 1.82) is 5.26 Å². The van der Waals surface area contributed by atoms with Gasteiger partial charge in [-0.2, -0.15) is 5.26 Å². The number of aromatic amines is 1. The fourth-order valence-electron chi connectivity index (χ4n) is 2.01. The van der Waals surface area contributed by atoms with E-state index in [1.54, 1.807) is 0 Å². The standard InChI is InChI=1S/C16H9N5O3/c1-2-12-4-3-10(7-18-12)16(23)24-9-13-5-14(22)21-15(20-13)11(6-17)8-19-21/h1,3-5,7-8,19H,9H2. The van der Waals surface area contributed by atoms with Gasteiger partial charge in [-0.25, -0.2) is 19.3 Å². The maximum Gasteiger partial charge on any atom is 0.340 e. The van der Waals surface area contributed by atoms with E-state index in [0.29, 0.717) is 5.69 Å². The molecule has 3 rings (SSSR count). The van der Waals surface area contributed by atoms with Gasteiger partial charge in [0.2, 0.25) is 0 Å². The molecule has 8 nitrogen and oxygen atoms in total. The van der Waals surface area contributed by atoms with Crippen molar-refractivity contribution in [3.8, 4) is 18.4 Å². The summed E-state index contributed by atoms with van der Waals surface area (Å²) in [6.45, 7) is -0.211. The predicted molar refractivity (Wildman–Crippen MR) is 81.8 cm³/mol. The Bertz CT molecular complexity index is 1060. The van der Waals surface area contributed by atoms with Crippen LogP contribution in [0.15, 0.2) is 35.4 Å². The van der Waals surface area contributed by atoms with E-state index in [1.165, 1.54) is 30.6 Å². The van der Waals surface area contributed by atoms with Crippen molar-refractivity contribution >= 4 is 11.6 Å². The summed E-state index contributed by atoms with van der Waals surface area (Å²) in [5.41, 5.74) is 0.852. The number of hydrogen-bond donors (Lipinski definition) is 1. The first-order chi connectivity index (χ1) is 11.6. The smallest absolute Gasteiger partial charge is 0.340 e. The normalized spacial score (nSPS) is 10.1. The van der Waals surface area contributed by atoms with Crippen LogP contribution >= 0.6 is 0 Å². The van der Waals surface area contributed by atoms with Crippen LogP contribution in [-0.4, -0.2) is 25.6 Å². The quantitative estimate of drug-likeness (QED) is 0.559. The summed E-state index contributed by atoms with van der Waals surface area (Å²) in [5, 5.41) is 11.6. The fourth-order valence-corrected chi connectivity index (χ4v) is 2.01. The lowest BCUT2D eigenvalue weighted by molar-refractivity contribution is 0.0467. The van der Waals surface area contributed by atoms with Gasteiger partial charge in [0.25, 0.3) is 5.56 Å². The molecule has 3 aromatic rings. The van der Waals surface area contributed by atoms with Crippen molar-refractivity contribution in [2.45, 2.75) is 6.61 Å². The topological polar surface area (TPSA) is 113 Å². The zero-order chi connectivity index (χ0) is 17.1. The number of H-pyrrole nitrogens is 1. The molecule has 0 aliphatic rings. The summed E-state index contributed by atoms with van der Waals surface area (Å²) in [6, 6.07) is 6.16. The molecule has 0 atom stereocenters. The molecule has 1 N–H and O–H groups in total. The van der Waals surface area contributed by atoms with E-state index in [4.69, 9.17) is 16.4 Å². The first-order valence-electron chi connectivity index (χ1n) is 6.72. The second-order valence-electron chi connectivity index (χ2n) is 4.70. The van der Waals surface area contributed by atoms with E-state index in [-0.39, 0.29) is 29.1 Å². The molecule has 8 heteroatoms. The lowest BCUT2D eigenvalue weighted by atomic mass is 10.2. The average molecular weight is 319 g/mol. The minimum Gasteiger partial charge on any atom is -0.456 e. The predicted octanol–water partition coefficient (Wildman–Crippen LogP) is 0.628. The molecule has 0 spiro atoms. The molecule has 0 fully saturated rings. The molecule has 0 saturated heterocycles. The molecule has 3 aromatic heterocycles. The Morgan fingerprint density at radius 2 is 2.29 bits per heavy atom. The summed E-state index contributed by atoms with van der Waals surface area (Å²) in [5.74, 6) is 1.72. The summed E-state index contributed by atoms with van der Waals surface area (Å²) in [7, 11) is 0. The number of carbonyl (C=O) groups excluding carboxylic acids is 1. The van der Waals surface area contributed by atoms with Crippen LogP contribution in [-0.2, 0) is 11.3 Å². The van der Waals surface area contributed by atoms with Crippen molar-refractivity contribution in [2.75, 3.05) is 0 Å². The second-order valence-corrected chi connectivity index (χ2v) is 4.70. The largest absolute Gasteiger partial charge is 0.456 e. The third-order valence-electron chi connectivity index (χ3n) is 3.17. The number of esters is 1. The monoisotopic (exact) mass is 319 g/mol. The van der Waals surface area contributed by atoms with Crippen LogP contribution in [0.25, 0.3) is 5.65 Å². The first kappa shape index (κ1) is 15.0. The summed E-state index contributed by atoms with van der Waals surface area (Å²) < 4.78 is 6.24. The Morgan fingerprint density at radius 3 is 2.96 bits per heavy atom. The number of aromatic nitrogens is 4. The van der Waals surface area contributed by atoms with Gasteiger partial charge in [-0.05, 0) is 12.1 Å². The SMILES string of the molecule is C#Cc1ccc(C(=O)OCc2cc(=O)n3[nH]cc(C#N)c3n2)cn1. The van der Waals surface area contributed by atoms with Gasteiger partial charge in [0.15, 0.2) is 5.65 Å². The van der Waals surface area contributed by atoms with E-state index < -0.39 is 11.5 Å². The number of ether oxygens (including phenoxy) is 1. The van der Waals surface area contributed by atoms with E-state index in [2.05, 4.69) is 21.0 Å². The van der Waals surface area contributed by atoms with Crippen molar-refractivity contribution in [2.24, 2.45) is 0 Å². The average Bonchev–Trinajstić information content (AvgIpc) is 3.03. The second kappa shape index (κ2) is 6.07. The van der Waals surface area contributed by atoms with Gasteiger partial charge in [0.1, 0.15) is 23.9 Å². The third-order valence-corrected chi connectivity index (χ3v) is 3.17. The van der Waals surface area contributed by atoms with E-state index in [9.17, 15) is 9.59 Å². The Balaban J connectivity index is 1.80. The molecule has 0 radical (unpaired) electrons. The van der Waals surface area contributed by atoms with Gasteiger partial charge in [-0.1, -0.05) is 5.92 Å². The number of fused-ring (bicyclic) bond motifs is 1. The molecule has 0 aliphatic heterocycles. The summed E-state index contributed by atoms with van der Waals surface area (Å²) in [6.07, 6.45) is 7.87. The minimum atomic E-state index is -0.623. The van der Waals surface area contributed by atoms with Crippen LogP contribution in [0.3, 0.4) is 0 Å². The Kier molecular flexibility index (Phi) is 3.79. The molecule has 0 bridgehead atoms. The van der Waals surface area contributed by atoms with Crippen molar-refractivity contribution < 1.29 is 9.53 Å². The number of nitrogens with zero attached hydrogens (tertiary/aromatic N) is 4. The van der Waals surface area contributed by atoms with Gasteiger partial charge >= 0.3 is 5.97 Å². The fraction of sp³-hybridized carbons (Fsp3) is 0.0625. The molecule has 116 valence electrons. The highest BCUT2D eigenvalue weighted by molar-refractivity contribution is 5.89. The van der Waals surface area contributed by atoms with Crippen molar-refractivity contribution in [3.63, 3.8) is 0 Å². The molecular formula is C16H9N5O3. The summed E-state index contributed by atoms with van der Waals surface area (Å²) in [4.78, 5) is 31.9. The maximum absolute atomic E-state index is 12.0. The number of hydrogen-bond acceptors (Lipinski definition) is 6. The molecule has 0 amide bonds. The van der Waals surface area contributed by atoms with Gasteiger partial charge < -0.3 is 4.74 Å². The van der Waals surface area contributed by atoms with Crippen LogP contribution in [0.2, 0.25) is 0 Å². The van der Waals surface area contributed by atoms with E-state index in [1.807, 2.05) is 6.07 Å². The van der Waals surface area contributed by atoms with E-state index >= 15 is 0 Å². The molecule has 3 heterocycles. The first-order valence-corrected chi connectivity index (χ1v) is 6.72. The van der Waals surface area contributed by atoms with Gasteiger partial charge in [-0.15, -0.1) is 6.42 Å². The lowest BCUT2D eigenvalue weighted by Crippen LogP contribution is -2.17. The highest BCUT2D eigenvalue weighted by Gasteiger charge is 2.12. The number of rotatable bonds is 3. The minimum absolute atomic E-state index is 0.177. The number of nitrogens with one attached hydrogen (secondary N) is 1. The zero-order valence-corrected chi connectivity index (χ0v) is 12.2. The Hall–Kier alpha value is -3.91. The highest BCUT2D eigenvalue weighted by atomic mass is 16.5. The number of nitriles is 1. The molecule has 0 unspecified atom stereocenters. The van der Waals surface area contributed by atoms with Crippen LogP contribution in [0.1, 0.15) is 27.3 Å². The number of carbonyl (C=O) groups is 1. The van der Waals surface area contributed by atoms with Gasteiger partial charge in [0, 0.05) is 18.5 Å². The van der Waals surface area contributed by atoms with Gasteiger partial charge in [-0.3, -0.25) is 9.89 Å². The van der Waals surface area contributed by atoms with Crippen molar-refractivity contribution in [1.82, 2.24) is 19.6 Å². The third kappa shape index (κ3) is 2.72. The lowest BCUT2D eigenvalue weighted by Gasteiger charge is -2.04. The zero-order valence-electron chi connectivity index (χ0n) is 12.2. The van der Waals surface area contributed by atoms with Gasteiger partial charge in [0.05, 0.1) is 11.3 Å².